The molecule has 2 aromatic rings. The third-order valence-corrected chi connectivity index (χ3v) is 3.41. The first-order valence-corrected chi connectivity index (χ1v) is 7.59. The van der Waals surface area contributed by atoms with Crippen molar-refractivity contribution in [3.8, 4) is 5.75 Å². The lowest BCUT2D eigenvalue weighted by Gasteiger charge is -2.13. The summed E-state index contributed by atoms with van der Waals surface area (Å²) in [6.07, 6.45) is 7.44. The van der Waals surface area contributed by atoms with E-state index in [2.05, 4.69) is 35.4 Å². The van der Waals surface area contributed by atoms with E-state index in [4.69, 9.17) is 9.15 Å². The summed E-state index contributed by atoms with van der Waals surface area (Å²) in [6.45, 7) is 3.65. The van der Waals surface area contributed by atoms with Crippen LogP contribution in [0.1, 0.15) is 36.6 Å². The van der Waals surface area contributed by atoms with Gasteiger partial charge in [-0.25, -0.2) is 4.98 Å². The van der Waals surface area contributed by atoms with Crippen LogP contribution in [0.5, 0.6) is 5.75 Å². The molecule has 0 radical (unpaired) electrons. The summed E-state index contributed by atoms with van der Waals surface area (Å²) < 4.78 is 10.9. The van der Waals surface area contributed by atoms with Crippen molar-refractivity contribution in [2.75, 3.05) is 13.7 Å². The fraction of sp³-hybridized carbons (Fsp3) is 0.471. The normalized spacial score (nSPS) is 10.8. The average Bonchev–Trinajstić information content (AvgIpc) is 3.00. The van der Waals surface area contributed by atoms with E-state index in [1.54, 1.807) is 6.26 Å². The van der Waals surface area contributed by atoms with Crippen LogP contribution in [0.15, 0.2) is 35.3 Å². The van der Waals surface area contributed by atoms with Gasteiger partial charge in [-0.2, -0.15) is 0 Å². The minimum absolute atomic E-state index is 0.609. The third kappa shape index (κ3) is 4.90. The molecule has 0 spiro atoms. The molecule has 0 aliphatic rings. The molecule has 21 heavy (non-hydrogen) atoms. The number of nitrogens with zero attached hydrogens (tertiary/aromatic N) is 1. The molecular weight excluding hydrogens is 264 g/mol. The molecule has 0 saturated heterocycles. The maximum atomic E-state index is 5.90. The number of aromatic nitrogens is 1. The first kappa shape index (κ1) is 15.6. The van der Waals surface area contributed by atoms with Crippen molar-refractivity contribution in [3.05, 3.63) is 47.7 Å². The summed E-state index contributed by atoms with van der Waals surface area (Å²) in [6, 6.07) is 6.50. The van der Waals surface area contributed by atoms with Gasteiger partial charge in [0, 0.05) is 18.5 Å². The summed E-state index contributed by atoms with van der Waals surface area (Å²) in [5.41, 5.74) is 3.52. The van der Waals surface area contributed by atoms with E-state index in [0.717, 1.165) is 30.8 Å². The third-order valence-electron chi connectivity index (χ3n) is 3.41. The Morgan fingerprint density at radius 1 is 1.29 bits per heavy atom. The van der Waals surface area contributed by atoms with E-state index < -0.39 is 0 Å². The Bertz CT molecular complexity index is 524. The van der Waals surface area contributed by atoms with Crippen LogP contribution < -0.4 is 10.1 Å². The van der Waals surface area contributed by atoms with Crippen molar-refractivity contribution in [1.82, 2.24) is 10.3 Å². The summed E-state index contributed by atoms with van der Waals surface area (Å²) in [7, 11) is 1.96. The second-order valence-corrected chi connectivity index (χ2v) is 5.15. The van der Waals surface area contributed by atoms with E-state index in [-0.39, 0.29) is 0 Å². The molecule has 0 bridgehead atoms. The first-order valence-electron chi connectivity index (χ1n) is 7.59. The van der Waals surface area contributed by atoms with Crippen LogP contribution in [0, 0.1) is 0 Å². The molecule has 0 aliphatic carbocycles. The molecule has 0 aliphatic heterocycles. The molecule has 1 N–H and O–H groups in total. The fourth-order valence-corrected chi connectivity index (χ4v) is 2.27. The maximum absolute atomic E-state index is 5.90. The van der Waals surface area contributed by atoms with E-state index >= 15 is 0 Å². The molecule has 1 heterocycles. The van der Waals surface area contributed by atoms with Gasteiger partial charge in [0.05, 0.1) is 12.3 Å². The molecule has 1 aromatic carbocycles. The van der Waals surface area contributed by atoms with Crippen LogP contribution in [0.4, 0.5) is 0 Å². The highest BCUT2D eigenvalue weighted by Crippen LogP contribution is 2.21. The average molecular weight is 288 g/mol. The van der Waals surface area contributed by atoms with Crippen molar-refractivity contribution in [2.24, 2.45) is 0 Å². The zero-order valence-electron chi connectivity index (χ0n) is 12.9. The molecule has 1 aromatic heterocycles. The Morgan fingerprint density at radius 3 is 2.90 bits per heavy atom. The second-order valence-electron chi connectivity index (χ2n) is 5.15. The lowest BCUT2D eigenvalue weighted by Crippen LogP contribution is -2.09. The molecule has 2 rings (SSSR count). The largest absolute Gasteiger partial charge is 0.493 e. The Kier molecular flexibility index (Phi) is 6.28. The Morgan fingerprint density at radius 2 is 2.19 bits per heavy atom. The molecule has 4 nitrogen and oxygen atoms in total. The number of benzene rings is 1. The predicted molar refractivity (Wildman–Crippen MR) is 83.5 cm³/mol. The minimum atomic E-state index is 0.609. The van der Waals surface area contributed by atoms with Crippen LogP contribution in [0.25, 0.3) is 0 Å². The Labute approximate surface area is 126 Å². The molecule has 0 saturated carbocycles. The molecule has 4 heteroatoms. The van der Waals surface area contributed by atoms with Gasteiger partial charge in [-0.1, -0.05) is 25.5 Å². The zero-order chi connectivity index (χ0) is 14.9. The van der Waals surface area contributed by atoms with E-state index in [1.807, 2.05) is 7.05 Å². The number of nitrogens with one attached hydrogen (secondary N) is 1. The van der Waals surface area contributed by atoms with E-state index in [9.17, 15) is 0 Å². The standard InChI is InChI=1S/C17H24N2O2/c1-3-4-5-14-6-7-17(15(10-14)11-18-2)21-9-8-16-12-20-13-19-16/h6-7,10,12-13,18H,3-5,8-9,11H2,1-2H3. The summed E-state index contributed by atoms with van der Waals surface area (Å²) in [4.78, 5) is 4.10. The molecule has 114 valence electrons. The minimum Gasteiger partial charge on any atom is -0.493 e. The Hall–Kier alpha value is -1.81. The van der Waals surface area contributed by atoms with Gasteiger partial charge in [0.25, 0.3) is 0 Å². The highest BCUT2D eigenvalue weighted by molar-refractivity contribution is 5.37. The Balaban J connectivity index is 1.96. The molecule has 0 unspecified atom stereocenters. The molecule has 0 atom stereocenters. The first-order chi connectivity index (χ1) is 10.3. The van der Waals surface area contributed by atoms with Crippen molar-refractivity contribution in [2.45, 2.75) is 39.2 Å². The fourth-order valence-electron chi connectivity index (χ4n) is 2.27. The monoisotopic (exact) mass is 288 g/mol. The predicted octanol–water partition coefficient (Wildman–Crippen LogP) is 3.36. The number of rotatable bonds is 9. The van der Waals surface area contributed by atoms with Crippen molar-refractivity contribution in [3.63, 3.8) is 0 Å². The second kappa shape index (κ2) is 8.47. The van der Waals surface area contributed by atoms with Gasteiger partial charge in [-0.05, 0) is 31.5 Å². The van der Waals surface area contributed by atoms with Gasteiger partial charge in [0.15, 0.2) is 6.39 Å². The van der Waals surface area contributed by atoms with Gasteiger partial charge in [-0.3, -0.25) is 0 Å². The summed E-state index contributed by atoms with van der Waals surface area (Å²) in [5.74, 6) is 0.952. The van der Waals surface area contributed by atoms with Crippen LogP contribution in [0.3, 0.4) is 0 Å². The van der Waals surface area contributed by atoms with Crippen LogP contribution >= 0.6 is 0 Å². The number of oxazole rings is 1. The number of aryl methyl sites for hydroxylation is 1. The van der Waals surface area contributed by atoms with Crippen molar-refractivity contribution < 1.29 is 9.15 Å². The van der Waals surface area contributed by atoms with Crippen LogP contribution in [-0.4, -0.2) is 18.6 Å². The van der Waals surface area contributed by atoms with Gasteiger partial charge >= 0.3 is 0 Å². The zero-order valence-corrected chi connectivity index (χ0v) is 12.9. The van der Waals surface area contributed by atoms with Gasteiger partial charge < -0.3 is 14.5 Å². The van der Waals surface area contributed by atoms with E-state index in [1.165, 1.54) is 30.4 Å². The number of hydrogen-bond donors (Lipinski definition) is 1. The number of hydrogen-bond acceptors (Lipinski definition) is 4. The number of ether oxygens (including phenoxy) is 1. The van der Waals surface area contributed by atoms with Crippen LogP contribution in [-0.2, 0) is 19.4 Å². The van der Waals surface area contributed by atoms with Gasteiger partial charge in [-0.15, -0.1) is 0 Å². The van der Waals surface area contributed by atoms with Gasteiger partial charge in [0.2, 0.25) is 0 Å². The summed E-state index contributed by atoms with van der Waals surface area (Å²) in [5, 5.41) is 3.20. The lowest BCUT2D eigenvalue weighted by molar-refractivity contribution is 0.316. The highest BCUT2D eigenvalue weighted by atomic mass is 16.5. The van der Waals surface area contributed by atoms with Gasteiger partial charge in [0.1, 0.15) is 12.0 Å². The quantitative estimate of drug-likeness (QED) is 0.768. The maximum Gasteiger partial charge on any atom is 0.180 e. The molecule has 0 amide bonds. The van der Waals surface area contributed by atoms with Crippen molar-refractivity contribution >= 4 is 0 Å². The number of unbranched alkanes of at least 4 members (excludes halogenated alkanes) is 1. The SMILES string of the molecule is CCCCc1ccc(OCCc2cocn2)c(CNC)c1. The van der Waals surface area contributed by atoms with E-state index in [0.29, 0.717) is 6.61 Å². The lowest BCUT2D eigenvalue weighted by atomic mass is 10.0. The highest BCUT2D eigenvalue weighted by Gasteiger charge is 2.06. The smallest absolute Gasteiger partial charge is 0.180 e. The topological polar surface area (TPSA) is 47.3 Å². The molecular formula is C17H24N2O2. The molecule has 0 fully saturated rings. The summed E-state index contributed by atoms with van der Waals surface area (Å²) >= 11 is 0. The van der Waals surface area contributed by atoms with Crippen LogP contribution in [0.2, 0.25) is 0 Å². The van der Waals surface area contributed by atoms with Crippen molar-refractivity contribution in [1.29, 1.82) is 0 Å².